The Morgan fingerprint density at radius 1 is 1.30 bits per heavy atom. The molecule has 7 heteroatoms. The Morgan fingerprint density at radius 3 is 2.83 bits per heavy atom. The second-order valence-electron chi connectivity index (χ2n) is 5.00. The summed E-state index contributed by atoms with van der Waals surface area (Å²) < 4.78 is 13.2. The van der Waals surface area contributed by atoms with Gasteiger partial charge in [0.25, 0.3) is 11.9 Å². The quantitative estimate of drug-likeness (QED) is 0.442. The summed E-state index contributed by atoms with van der Waals surface area (Å²) in [5, 5.41) is 11.3. The lowest BCUT2D eigenvalue weighted by Gasteiger charge is -2.10. The van der Waals surface area contributed by atoms with Gasteiger partial charge in [-0.3, -0.25) is 15.1 Å². The van der Waals surface area contributed by atoms with Crippen molar-refractivity contribution in [2.24, 2.45) is 0 Å². The van der Waals surface area contributed by atoms with Crippen LogP contribution in [0.3, 0.4) is 0 Å². The van der Waals surface area contributed by atoms with Crippen LogP contribution in [-0.4, -0.2) is 9.31 Å². The first kappa shape index (κ1) is 15.2. The lowest BCUT2D eigenvalue weighted by Crippen LogP contribution is -1.96. The van der Waals surface area contributed by atoms with Crippen LogP contribution in [0, 0.1) is 22.9 Å². The number of hydrogen-bond acceptors (Lipinski definition) is 5. The number of hydrogen-bond donors (Lipinski definition) is 1. The number of rotatable bonds is 3. The fraction of sp³-hybridized carbons (Fsp3) is 0.0625. The first-order valence-corrected chi connectivity index (χ1v) is 7.51. The maximum absolute atomic E-state index is 13.8. The van der Waals surface area contributed by atoms with Crippen molar-refractivity contribution in [1.29, 1.82) is 0 Å². The highest BCUT2D eigenvalue weighted by molar-refractivity contribution is 7.93. The van der Waals surface area contributed by atoms with Crippen molar-refractivity contribution in [2.75, 3.05) is 5.73 Å². The van der Waals surface area contributed by atoms with Gasteiger partial charge in [0.05, 0.1) is 11.2 Å². The Kier molecular flexibility index (Phi) is 3.87. The summed E-state index contributed by atoms with van der Waals surface area (Å²) in [7, 11) is 0. The van der Waals surface area contributed by atoms with Gasteiger partial charge >= 0.3 is 0 Å². The van der Waals surface area contributed by atoms with Crippen LogP contribution >= 0.6 is 11.9 Å². The van der Waals surface area contributed by atoms with Crippen LogP contribution in [0.4, 0.5) is 10.1 Å². The van der Waals surface area contributed by atoms with Crippen molar-refractivity contribution in [3.63, 3.8) is 0 Å². The number of pyridine rings is 1. The lowest BCUT2D eigenvalue weighted by atomic mass is 9.98. The summed E-state index contributed by atoms with van der Waals surface area (Å²) in [5.41, 5.74) is 9.04. The summed E-state index contributed by atoms with van der Waals surface area (Å²) in [5.74, 6) is -0.286. The molecule has 0 saturated carbocycles. The molecule has 2 N–H and O–H groups in total. The van der Waals surface area contributed by atoms with Gasteiger partial charge in [-0.25, -0.2) is 4.39 Å². The van der Waals surface area contributed by atoms with E-state index in [1.165, 1.54) is 12.3 Å². The molecule has 23 heavy (non-hydrogen) atoms. The molecule has 3 rings (SSSR count). The Balaban J connectivity index is 2.19. The fourth-order valence-corrected chi connectivity index (χ4v) is 2.90. The molecule has 0 radical (unpaired) electrons. The van der Waals surface area contributed by atoms with Crippen molar-refractivity contribution in [3.05, 3.63) is 64.1 Å². The van der Waals surface area contributed by atoms with Crippen LogP contribution in [0.15, 0.2) is 47.5 Å². The molecule has 0 aliphatic carbocycles. The van der Waals surface area contributed by atoms with Crippen molar-refractivity contribution in [3.8, 4) is 11.1 Å². The highest BCUT2D eigenvalue weighted by Crippen LogP contribution is 2.34. The number of nitrogens with zero attached hydrogens (tertiary/aromatic N) is 2. The number of nitro groups is 1. The maximum Gasteiger partial charge on any atom is 0.269 e. The molecule has 0 saturated heterocycles. The van der Waals surface area contributed by atoms with Gasteiger partial charge in [0.2, 0.25) is 0 Å². The average molecular weight is 329 g/mol. The van der Waals surface area contributed by atoms with E-state index in [0.717, 1.165) is 11.1 Å². The van der Waals surface area contributed by atoms with Gasteiger partial charge in [0, 0.05) is 11.6 Å². The molecule has 116 valence electrons. The van der Waals surface area contributed by atoms with E-state index in [0.29, 0.717) is 34.1 Å². The first-order chi connectivity index (χ1) is 11.0. The topological polar surface area (TPSA) is 82.0 Å². The van der Waals surface area contributed by atoms with Crippen LogP contribution in [-0.2, 0) is 0 Å². The highest BCUT2D eigenvalue weighted by atomic mass is 32.2. The highest BCUT2D eigenvalue weighted by Gasteiger charge is 2.15. The van der Waals surface area contributed by atoms with E-state index >= 15 is 0 Å². The normalized spacial score (nSPS) is 10.9. The zero-order chi connectivity index (χ0) is 16.6. The van der Waals surface area contributed by atoms with Crippen LogP contribution in [0.5, 0.6) is 0 Å². The molecule has 3 aromatic rings. The number of nitrogen functional groups attached to an aromatic ring is 1. The van der Waals surface area contributed by atoms with E-state index in [9.17, 15) is 14.5 Å². The summed E-state index contributed by atoms with van der Waals surface area (Å²) in [6, 6.07) is 10.2. The SMILES string of the molecule is Cc1c(F)cccc1-c1ccc2ncc(S[N+](=O)[O-])c(N)c2c1. The molecule has 2 aromatic carbocycles. The Bertz CT molecular complexity index is 931. The van der Waals surface area contributed by atoms with Crippen molar-refractivity contribution >= 4 is 28.5 Å². The van der Waals surface area contributed by atoms with Gasteiger partial charge in [0.15, 0.2) is 0 Å². The number of nitrogens with two attached hydrogens (primary N) is 1. The lowest BCUT2D eigenvalue weighted by molar-refractivity contribution is -0.284. The van der Waals surface area contributed by atoms with Gasteiger partial charge in [0.1, 0.15) is 15.0 Å². The van der Waals surface area contributed by atoms with Crippen LogP contribution in [0.25, 0.3) is 22.0 Å². The Hall–Kier alpha value is -2.67. The summed E-state index contributed by atoms with van der Waals surface area (Å²) in [4.78, 5) is 15.1. The van der Waals surface area contributed by atoms with Gasteiger partial charge in [-0.15, -0.1) is 0 Å². The Labute approximate surface area is 135 Å². The summed E-state index contributed by atoms with van der Waals surface area (Å²) in [6.45, 7) is 1.70. The predicted octanol–water partition coefficient (Wildman–Crippen LogP) is 4.22. The molecule has 5 nitrogen and oxygen atoms in total. The van der Waals surface area contributed by atoms with Crippen LogP contribution in [0.2, 0.25) is 0 Å². The molecular weight excluding hydrogens is 317 g/mol. The third-order valence-corrected chi connectivity index (χ3v) is 4.30. The smallest absolute Gasteiger partial charge is 0.269 e. The van der Waals surface area contributed by atoms with E-state index in [1.54, 1.807) is 25.1 Å². The van der Waals surface area contributed by atoms with E-state index in [1.807, 2.05) is 12.1 Å². The number of anilines is 1. The average Bonchev–Trinajstić information content (AvgIpc) is 2.52. The van der Waals surface area contributed by atoms with Gasteiger partial charge in [-0.05, 0) is 41.8 Å². The second-order valence-corrected chi connectivity index (χ2v) is 5.92. The summed E-state index contributed by atoms with van der Waals surface area (Å²) >= 11 is 0.422. The second kappa shape index (κ2) is 5.85. The van der Waals surface area contributed by atoms with Crippen molar-refractivity contribution < 1.29 is 8.72 Å². The van der Waals surface area contributed by atoms with Crippen molar-refractivity contribution in [2.45, 2.75) is 11.8 Å². The molecule has 0 bridgehead atoms. The number of halogens is 1. The molecule has 0 fully saturated rings. The van der Waals surface area contributed by atoms with Gasteiger partial charge in [-0.2, -0.15) is 0 Å². The molecule has 0 aliphatic rings. The predicted molar refractivity (Wildman–Crippen MR) is 89.1 cm³/mol. The van der Waals surface area contributed by atoms with E-state index in [-0.39, 0.29) is 10.7 Å². The zero-order valence-electron chi connectivity index (χ0n) is 12.1. The molecule has 0 unspecified atom stereocenters. The molecule has 0 atom stereocenters. The standard InChI is InChI=1S/C16H12FN3O2S/c1-9-11(3-2-4-13(9)17)10-5-6-14-12(7-10)16(18)15(8-19-14)23-20(21)22/h2-8H,1H3,(H2,18,19). The largest absolute Gasteiger partial charge is 0.397 e. The van der Waals surface area contributed by atoms with E-state index in [2.05, 4.69) is 4.98 Å². The van der Waals surface area contributed by atoms with Crippen LogP contribution in [0.1, 0.15) is 5.56 Å². The molecule has 1 heterocycles. The zero-order valence-corrected chi connectivity index (χ0v) is 12.9. The minimum Gasteiger partial charge on any atom is -0.397 e. The Morgan fingerprint density at radius 2 is 2.09 bits per heavy atom. The van der Waals surface area contributed by atoms with Gasteiger partial charge in [-0.1, -0.05) is 18.2 Å². The fourth-order valence-electron chi connectivity index (χ4n) is 2.44. The van der Waals surface area contributed by atoms with Crippen LogP contribution < -0.4 is 5.73 Å². The van der Waals surface area contributed by atoms with E-state index < -0.39 is 4.33 Å². The number of benzene rings is 2. The minimum atomic E-state index is -0.528. The molecule has 0 spiro atoms. The number of fused-ring (bicyclic) bond motifs is 1. The van der Waals surface area contributed by atoms with Crippen molar-refractivity contribution in [1.82, 2.24) is 4.98 Å². The van der Waals surface area contributed by atoms with E-state index in [4.69, 9.17) is 5.73 Å². The molecule has 1 aromatic heterocycles. The first-order valence-electron chi connectivity index (χ1n) is 6.73. The monoisotopic (exact) mass is 329 g/mol. The maximum atomic E-state index is 13.8. The minimum absolute atomic E-state index is 0.286. The van der Waals surface area contributed by atoms with Gasteiger partial charge < -0.3 is 5.73 Å². The molecule has 0 aliphatic heterocycles. The number of aromatic nitrogens is 1. The molecule has 0 amide bonds. The summed E-state index contributed by atoms with van der Waals surface area (Å²) in [6.07, 6.45) is 1.39. The third-order valence-electron chi connectivity index (χ3n) is 3.62. The molecular formula is C16H12FN3O2S. The third kappa shape index (κ3) is 2.83.